The van der Waals surface area contributed by atoms with Gasteiger partial charge in [0.15, 0.2) is 0 Å². The topological polar surface area (TPSA) is 24.1 Å². The van der Waals surface area contributed by atoms with Gasteiger partial charge in [0, 0.05) is 6.54 Å². The van der Waals surface area contributed by atoms with E-state index in [4.69, 9.17) is 0 Å². The molecule has 2 heteroatoms. The predicted octanol–water partition coefficient (Wildman–Crippen LogP) is 0.762. The maximum absolute atomic E-state index is 3.35. The first kappa shape index (κ1) is 8.75. The van der Waals surface area contributed by atoms with Gasteiger partial charge in [-0.15, -0.1) is 0 Å². The SMILES string of the molecule is CNCC/C=C\C1CCNC1. The Morgan fingerprint density at radius 1 is 1.64 bits per heavy atom. The summed E-state index contributed by atoms with van der Waals surface area (Å²) in [6.45, 7) is 3.47. The molecular formula is C9H18N2. The Hall–Kier alpha value is -0.340. The molecule has 0 aromatic rings. The van der Waals surface area contributed by atoms with Crippen LogP contribution in [0.2, 0.25) is 0 Å². The van der Waals surface area contributed by atoms with E-state index in [9.17, 15) is 0 Å². The highest BCUT2D eigenvalue weighted by molar-refractivity contribution is 4.92. The van der Waals surface area contributed by atoms with Crippen LogP contribution in [0.1, 0.15) is 12.8 Å². The van der Waals surface area contributed by atoms with Gasteiger partial charge >= 0.3 is 0 Å². The third-order valence-electron chi connectivity index (χ3n) is 2.07. The lowest BCUT2D eigenvalue weighted by atomic mass is 10.1. The minimum atomic E-state index is 0.798. The van der Waals surface area contributed by atoms with Gasteiger partial charge in [-0.25, -0.2) is 0 Å². The van der Waals surface area contributed by atoms with Crippen molar-refractivity contribution in [3.63, 3.8) is 0 Å². The molecule has 64 valence electrons. The van der Waals surface area contributed by atoms with Crippen molar-refractivity contribution < 1.29 is 0 Å². The summed E-state index contributed by atoms with van der Waals surface area (Å²) in [5.74, 6) is 0.798. The molecule has 0 saturated carbocycles. The van der Waals surface area contributed by atoms with E-state index in [1.165, 1.54) is 19.5 Å². The molecule has 0 radical (unpaired) electrons. The van der Waals surface area contributed by atoms with E-state index >= 15 is 0 Å². The lowest BCUT2D eigenvalue weighted by Gasteiger charge is -1.98. The average Bonchev–Trinajstić information content (AvgIpc) is 2.50. The Labute approximate surface area is 69.1 Å². The molecule has 2 nitrogen and oxygen atoms in total. The Morgan fingerprint density at radius 3 is 3.18 bits per heavy atom. The van der Waals surface area contributed by atoms with Gasteiger partial charge in [-0.1, -0.05) is 12.2 Å². The van der Waals surface area contributed by atoms with Gasteiger partial charge in [-0.2, -0.15) is 0 Å². The van der Waals surface area contributed by atoms with Gasteiger partial charge in [0.25, 0.3) is 0 Å². The van der Waals surface area contributed by atoms with Crippen LogP contribution in [0.5, 0.6) is 0 Å². The third kappa shape index (κ3) is 3.54. The quantitative estimate of drug-likeness (QED) is 0.461. The Kier molecular flexibility index (Phi) is 4.24. The summed E-state index contributed by atoms with van der Waals surface area (Å²) in [6.07, 6.45) is 7.11. The fourth-order valence-corrected chi connectivity index (χ4v) is 1.36. The van der Waals surface area contributed by atoms with Gasteiger partial charge in [-0.05, 0) is 38.9 Å². The number of rotatable bonds is 4. The highest BCUT2D eigenvalue weighted by atomic mass is 14.9. The molecule has 0 aromatic heterocycles. The van der Waals surface area contributed by atoms with Crippen LogP contribution in [0.4, 0.5) is 0 Å². The molecule has 1 saturated heterocycles. The first-order valence-corrected chi connectivity index (χ1v) is 4.45. The second kappa shape index (κ2) is 5.33. The lowest BCUT2D eigenvalue weighted by Crippen LogP contribution is -2.08. The minimum Gasteiger partial charge on any atom is -0.319 e. The molecule has 1 aliphatic heterocycles. The Bertz CT molecular complexity index is 115. The first-order chi connectivity index (χ1) is 5.43. The molecule has 1 aliphatic rings. The maximum atomic E-state index is 3.35. The normalized spacial score (nSPS) is 25.0. The third-order valence-corrected chi connectivity index (χ3v) is 2.07. The first-order valence-electron chi connectivity index (χ1n) is 4.45. The molecule has 1 heterocycles. The highest BCUT2D eigenvalue weighted by Crippen LogP contribution is 2.08. The molecule has 2 N–H and O–H groups in total. The zero-order chi connectivity index (χ0) is 7.94. The lowest BCUT2D eigenvalue weighted by molar-refractivity contribution is 0.719. The summed E-state index contributed by atoms with van der Waals surface area (Å²) in [6, 6.07) is 0. The molecule has 11 heavy (non-hydrogen) atoms. The minimum absolute atomic E-state index is 0.798. The summed E-state index contributed by atoms with van der Waals surface area (Å²) in [7, 11) is 1.99. The van der Waals surface area contributed by atoms with Crippen molar-refractivity contribution >= 4 is 0 Å². The van der Waals surface area contributed by atoms with Gasteiger partial charge in [0.1, 0.15) is 0 Å². The van der Waals surface area contributed by atoms with E-state index in [1.54, 1.807) is 0 Å². The number of hydrogen-bond donors (Lipinski definition) is 2. The summed E-state index contributed by atoms with van der Waals surface area (Å²) in [4.78, 5) is 0. The van der Waals surface area contributed by atoms with Crippen molar-refractivity contribution in [2.75, 3.05) is 26.7 Å². The average molecular weight is 154 g/mol. The number of hydrogen-bond acceptors (Lipinski definition) is 2. The van der Waals surface area contributed by atoms with E-state index in [0.29, 0.717) is 0 Å². The van der Waals surface area contributed by atoms with E-state index < -0.39 is 0 Å². The fraction of sp³-hybridized carbons (Fsp3) is 0.778. The monoisotopic (exact) mass is 154 g/mol. The fourth-order valence-electron chi connectivity index (χ4n) is 1.36. The molecular weight excluding hydrogens is 136 g/mol. The van der Waals surface area contributed by atoms with Crippen molar-refractivity contribution in [3.05, 3.63) is 12.2 Å². The molecule has 1 atom stereocenters. The molecule has 0 spiro atoms. The van der Waals surface area contributed by atoms with Crippen LogP contribution in [0.15, 0.2) is 12.2 Å². The number of nitrogens with one attached hydrogen (secondary N) is 2. The van der Waals surface area contributed by atoms with E-state index in [1.807, 2.05) is 7.05 Å². The molecule has 1 rings (SSSR count). The van der Waals surface area contributed by atoms with Gasteiger partial charge in [0.2, 0.25) is 0 Å². The standard InChI is InChI=1S/C9H18N2/c1-10-6-3-2-4-9-5-7-11-8-9/h2,4,9-11H,3,5-8H2,1H3/b4-2-. The van der Waals surface area contributed by atoms with Crippen LogP contribution in [-0.4, -0.2) is 26.7 Å². The molecule has 0 aliphatic carbocycles. The Balaban J connectivity index is 2.03. The van der Waals surface area contributed by atoms with E-state index in [-0.39, 0.29) is 0 Å². The van der Waals surface area contributed by atoms with Crippen molar-refractivity contribution in [1.82, 2.24) is 10.6 Å². The molecule has 1 fully saturated rings. The second-order valence-electron chi connectivity index (χ2n) is 3.07. The highest BCUT2D eigenvalue weighted by Gasteiger charge is 2.09. The molecule has 1 unspecified atom stereocenters. The van der Waals surface area contributed by atoms with Crippen LogP contribution in [0, 0.1) is 5.92 Å². The van der Waals surface area contributed by atoms with E-state index in [2.05, 4.69) is 22.8 Å². The van der Waals surface area contributed by atoms with Gasteiger partial charge in [0.05, 0.1) is 0 Å². The van der Waals surface area contributed by atoms with Crippen LogP contribution in [-0.2, 0) is 0 Å². The van der Waals surface area contributed by atoms with Crippen LogP contribution >= 0.6 is 0 Å². The smallest absolute Gasteiger partial charge is 0.00146 e. The van der Waals surface area contributed by atoms with Crippen LogP contribution in [0.3, 0.4) is 0 Å². The zero-order valence-electron chi connectivity index (χ0n) is 7.27. The van der Waals surface area contributed by atoms with Gasteiger partial charge in [-0.3, -0.25) is 0 Å². The van der Waals surface area contributed by atoms with Crippen molar-refractivity contribution in [1.29, 1.82) is 0 Å². The molecule has 0 bridgehead atoms. The molecule has 0 amide bonds. The van der Waals surface area contributed by atoms with E-state index in [0.717, 1.165) is 18.9 Å². The van der Waals surface area contributed by atoms with Crippen molar-refractivity contribution in [2.45, 2.75) is 12.8 Å². The second-order valence-corrected chi connectivity index (χ2v) is 3.07. The van der Waals surface area contributed by atoms with Gasteiger partial charge < -0.3 is 10.6 Å². The summed E-state index contributed by atoms with van der Waals surface area (Å²) >= 11 is 0. The largest absolute Gasteiger partial charge is 0.319 e. The van der Waals surface area contributed by atoms with Crippen molar-refractivity contribution in [3.8, 4) is 0 Å². The maximum Gasteiger partial charge on any atom is 0.00146 e. The summed E-state index contributed by atoms with van der Waals surface area (Å²) in [5.41, 5.74) is 0. The summed E-state index contributed by atoms with van der Waals surface area (Å²) in [5, 5.41) is 6.47. The molecule has 0 aromatic carbocycles. The predicted molar refractivity (Wildman–Crippen MR) is 48.7 cm³/mol. The van der Waals surface area contributed by atoms with Crippen LogP contribution < -0.4 is 10.6 Å². The van der Waals surface area contributed by atoms with Crippen LogP contribution in [0.25, 0.3) is 0 Å². The zero-order valence-corrected chi connectivity index (χ0v) is 7.27. The Morgan fingerprint density at radius 2 is 2.55 bits per heavy atom. The van der Waals surface area contributed by atoms with Crippen molar-refractivity contribution in [2.24, 2.45) is 5.92 Å². The summed E-state index contributed by atoms with van der Waals surface area (Å²) < 4.78 is 0.